The van der Waals surface area contributed by atoms with Gasteiger partial charge in [-0.3, -0.25) is 15.0 Å². The largest absolute Gasteiger partial charge is 0.298 e. The minimum Gasteiger partial charge on any atom is -0.298 e. The van der Waals surface area contributed by atoms with E-state index in [9.17, 15) is 9.18 Å². The summed E-state index contributed by atoms with van der Waals surface area (Å²) in [4.78, 5) is 19.8. The Labute approximate surface area is 190 Å². The smallest absolute Gasteiger partial charge is 0.262 e. The summed E-state index contributed by atoms with van der Waals surface area (Å²) in [6, 6.07) is 6.11. The first-order valence-electron chi connectivity index (χ1n) is 10.3. The highest BCUT2D eigenvalue weighted by Crippen LogP contribution is 2.25. The number of halogens is 2. The van der Waals surface area contributed by atoms with Crippen LogP contribution in [0.5, 0.6) is 0 Å². The number of benzene rings is 1. The molecule has 0 radical (unpaired) electrons. The van der Waals surface area contributed by atoms with E-state index in [0.717, 1.165) is 36.8 Å². The van der Waals surface area contributed by atoms with Gasteiger partial charge in [-0.15, -0.1) is 11.3 Å². The Balaban J connectivity index is 1.41. The Bertz CT molecular complexity index is 1060. The highest BCUT2D eigenvalue weighted by atomic mass is 35.5. The average Bonchev–Trinajstić information content (AvgIpc) is 3.28. The first-order chi connectivity index (χ1) is 14.9. The van der Waals surface area contributed by atoms with Gasteiger partial charge in [0.2, 0.25) is 0 Å². The lowest BCUT2D eigenvalue weighted by atomic mass is 9.99. The fourth-order valence-electron chi connectivity index (χ4n) is 3.72. The third kappa shape index (κ3) is 5.31. The van der Waals surface area contributed by atoms with Crippen molar-refractivity contribution in [3.8, 4) is 0 Å². The number of nitrogens with one attached hydrogen (secondary N) is 1. The molecule has 164 valence electrons. The number of likely N-dealkylation sites (tertiary alicyclic amines) is 1. The molecule has 31 heavy (non-hydrogen) atoms. The Hall–Kier alpha value is -2.29. The van der Waals surface area contributed by atoms with E-state index in [1.807, 2.05) is 5.38 Å². The normalized spacial score (nSPS) is 15.4. The van der Waals surface area contributed by atoms with Gasteiger partial charge < -0.3 is 0 Å². The molecule has 1 saturated heterocycles. The molecule has 0 bridgehead atoms. The summed E-state index contributed by atoms with van der Waals surface area (Å²) in [6.07, 6.45) is 2.43. The van der Waals surface area contributed by atoms with Crippen molar-refractivity contribution in [2.75, 3.05) is 18.4 Å². The Kier molecular flexibility index (Phi) is 6.69. The molecule has 6 nitrogen and oxygen atoms in total. The molecule has 1 aliphatic rings. The van der Waals surface area contributed by atoms with E-state index < -0.39 is 0 Å². The number of piperidine rings is 1. The Morgan fingerprint density at radius 3 is 2.68 bits per heavy atom. The van der Waals surface area contributed by atoms with E-state index in [4.69, 9.17) is 11.6 Å². The van der Waals surface area contributed by atoms with Crippen LogP contribution in [0.4, 0.5) is 9.52 Å². The zero-order valence-electron chi connectivity index (χ0n) is 17.6. The maximum atomic E-state index is 13.1. The number of thiazole rings is 1. The molecule has 0 aliphatic carbocycles. The Morgan fingerprint density at radius 2 is 1.97 bits per heavy atom. The van der Waals surface area contributed by atoms with Crippen molar-refractivity contribution in [3.63, 3.8) is 0 Å². The zero-order valence-corrected chi connectivity index (χ0v) is 19.1. The molecule has 0 spiro atoms. The molecular weight excluding hydrogens is 437 g/mol. The van der Waals surface area contributed by atoms with E-state index in [1.165, 1.54) is 36.3 Å². The maximum Gasteiger partial charge on any atom is 0.262 e. The number of amides is 1. The van der Waals surface area contributed by atoms with Crippen LogP contribution in [0.2, 0.25) is 5.15 Å². The SMILES string of the molecule is Cc1nn(Cc2ccc(F)cc2)c(Cl)c1C(=O)Nc1nc(CN2CCC(C)CC2)cs1. The van der Waals surface area contributed by atoms with Crippen LogP contribution < -0.4 is 5.32 Å². The summed E-state index contributed by atoms with van der Waals surface area (Å²) in [5.74, 6) is 0.156. The van der Waals surface area contributed by atoms with E-state index >= 15 is 0 Å². The fourth-order valence-corrected chi connectivity index (χ4v) is 4.74. The summed E-state index contributed by atoms with van der Waals surface area (Å²) in [6.45, 7) is 7.36. The zero-order chi connectivity index (χ0) is 22.0. The molecule has 0 saturated carbocycles. The van der Waals surface area contributed by atoms with Gasteiger partial charge in [0.25, 0.3) is 5.91 Å². The lowest BCUT2D eigenvalue weighted by Crippen LogP contribution is -2.32. The molecule has 1 N–H and O–H groups in total. The van der Waals surface area contributed by atoms with Crippen molar-refractivity contribution in [3.05, 3.63) is 63.1 Å². The molecule has 3 aromatic rings. The molecule has 1 fully saturated rings. The number of nitrogens with zero attached hydrogens (tertiary/aromatic N) is 4. The predicted octanol–water partition coefficient (Wildman–Crippen LogP) is 4.97. The van der Waals surface area contributed by atoms with Gasteiger partial charge in [0.1, 0.15) is 11.0 Å². The van der Waals surface area contributed by atoms with Crippen LogP contribution in [0, 0.1) is 18.7 Å². The van der Waals surface area contributed by atoms with Crippen LogP contribution in [-0.4, -0.2) is 38.7 Å². The quantitative estimate of drug-likeness (QED) is 0.562. The van der Waals surface area contributed by atoms with Crippen molar-refractivity contribution in [2.45, 2.75) is 39.8 Å². The number of carbonyl (C=O) groups is 1. The molecule has 1 aliphatic heterocycles. The number of carbonyl (C=O) groups excluding carboxylic acids is 1. The Morgan fingerprint density at radius 1 is 1.26 bits per heavy atom. The number of hydrogen-bond donors (Lipinski definition) is 1. The van der Waals surface area contributed by atoms with Crippen molar-refractivity contribution < 1.29 is 9.18 Å². The van der Waals surface area contributed by atoms with Gasteiger partial charge in [-0.25, -0.2) is 14.1 Å². The molecule has 0 unspecified atom stereocenters. The molecule has 0 atom stereocenters. The minimum absolute atomic E-state index is 0.249. The van der Waals surface area contributed by atoms with E-state index in [-0.39, 0.29) is 16.9 Å². The van der Waals surface area contributed by atoms with Crippen LogP contribution in [0.3, 0.4) is 0 Å². The number of anilines is 1. The van der Waals surface area contributed by atoms with Crippen LogP contribution in [0.1, 0.15) is 47.1 Å². The first kappa shape index (κ1) is 21.9. The molecule has 1 aromatic carbocycles. The van der Waals surface area contributed by atoms with E-state index in [0.29, 0.717) is 22.9 Å². The van der Waals surface area contributed by atoms with Crippen molar-refractivity contribution in [1.82, 2.24) is 19.7 Å². The van der Waals surface area contributed by atoms with Gasteiger partial charge in [-0.1, -0.05) is 30.7 Å². The molecule has 4 rings (SSSR count). The monoisotopic (exact) mass is 461 g/mol. The van der Waals surface area contributed by atoms with Crippen LogP contribution in [0.15, 0.2) is 29.6 Å². The second-order valence-corrected chi connectivity index (χ2v) is 9.31. The van der Waals surface area contributed by atoms with Crippen LogP contribution >= 0.6 is 22.9 Å². The van der Waals surface area contributed by atoms with Gasteiger partial charge in [0.15, 0.2) is 5.13 Å². The number of aryl methyl sites for hydroxylation is 1. The first-order valence-corrected chi connectivity index (χ1v) is 11.6. The van der Waals surface area contributed by atoms with Crippen molar-refractivity contribution >= 4 is 34.0 Å². The average molecular weight is 462 g/mol. The second kappa shape index (κ2) is 9.46. The van der Waals surface area contributed by atoms with E-state index in [2.05, 4.69) is 27.2 Å². The third-order valence-corrected chi connectivity index (χ3v) is 6.76. The summed E-state index contributed by atoms with van der Waals surface area (Å²) >= 11 is 7.87. The maximum absolute atomic E-state index is 13.1. The van der Waals surface area contributed by atoms with Crippen LogP contribution in [-0.2, 0) is 13.1 Å². The minimum atomic E-state index is -0.333. The van der Waals surface area contributed by atoms with Gasteiger partial charge in [-0.2, -0.15) is 5.10 Å². The molecule has 3 heterocycles. The third-order valence-electron chi connectivity index (χ3n) is 5.57. The number of hydrogen-bond acceptors (Lipinski definition) is 5. The summed E-state index contributed by atoms with van der Waals surface area (Å²) in [7, 11) is 0. The number of aromatic nitrogens is 3. The lowest BCUT2D eigenvalue weighted by Gasteiger charge is -2.29. The topological polar surface area (TPSA) is 63.1 Å². The molecule has 2 aromatic heterocycles. The lowest BCUT2D eigenvalue weighted by molar-refractivity contribution is 0.102. The molecule has 9 heteroatoms. The standard InChI is InChI=1S/C22H25ClFN5OS/c1-14-7-9-28(10-8-14)12-18-13-31-22(25-18)26-21(30)19-15(2)27-29(20(19)23)11-16-3-5-17(24)6-4-16/h3-6,13-14H,7-12H2,1-2H3,(H,25,26,30). The van der Waals surface area contributed by atoms with Gasteiger partial charge in [0.05, 0.1) is 23.5 Å². The summed E-state index contributed by atoms with van der Waals surface area (Å²) in [5, 5.41) is 10.0. The highest BCUT2D eigenvalue weighted by Gasteiger charge is 2.22. The van der Waals surface area contributed by atoms with Crippen molar-refractivity contribution in [1.29, 1.82) is 0 Å². The fraction of sp³-hybridized carbons (Fsp3) is 0.409. The van der Waals surface area contributed by atoms with Crippen molar-refractivity contribution in [2.24, 2.45) is 5.92 Å². The predicted molar refractivity (Wildman–Crippen MR) is 121 cm³/mol. The summed E-state index contributed by atoms with van der Waals surface area (Å²) in [5.41, 5.74) is 2.66. The van der Waals surface area contributed by atoms with Gasteiger partial charge >= 0.3 is 0 Å². The van der Waals surface area contributed by atoms with Crippen LogP contribution in [0.25, 0.3) is 0 Å². The van der Waals surface area contributed by atoms with Gasteiger partial charge in [-0.05, 0) is 56.5 Å². The summed E-state index contributed by atoms with van der Waals surface area (Å²) < 4.78 is 14.7. The number of rotatable bonds is 6. The molecular formula is C22H25ClFN5OS. The molecule has 1 amide bonds. The second-order valence-electron chi connectivity index (χ2n) is 8.09. The van der Waals surface area contributed by atoms with Gasteiger partial charge in [0, 0.05) is 11.9 Å². The van der Waals surface area contributed by atoms with E-state index in [1.54, 1.807) is 23.7 Å². The highest BCUT2D eigenvalue weighted by molar-refractivity contribution is 7.14.